The monoisotopic (exact) mass is 370 g/mol. The summed E-state index contributed by atoms with van der Waals surface area (Å²) in [4.78, 5) is 16.8. The molecule has 2 rings (SSSR count). The third kappa shape index (κ3) is 5.75. The first-order valence-corrected chi connectivity index (χ1v) is 7.82. The standard InChI is InChI=1S/C16H13Cl3N2O2/c17-11-4-6-12(7-5-11)21-16(22)8-9-20-23-10-13-14(18)2-1-3-15(13)19/h1-7,9H,8,10H2,(H,21,22)/b20-9+. The van der Waals surface area contributed by atoms with Gasteiger partial charge in [-0.1, -0.05) is 46.0 Å². The molecule has 1 N–H and O–H groups in total. The van der Waals surface area contributed by atoms with E-state index in [0.717, 1.165) is 0 Å². The fraction of sp³-hybridized carbons (Fsp3) is 0.125. The van der Waals surface area contributed by atoms with Crippen LogP contribution in [0, 0.1) is 0 Å². The van der Waals surface area contributed by atoms with Gasteiger partial charge >= 0.3 is 0 Å². The molecule has 2 aromatic rings. The van der Waals surface area contributed by atoms with Crippen molar-refractivity contribution < 1.29 is 9.63 Å². The van der Waals surface area contributed by atoms with Crippen molar-refractivity contribution in [2.45, 2.75) is 13.0 Å². The average Bonchev–Trinajstić information content (AvgIpc) is 2.52. The van der Waals surface area contributed by atoms with Gasteiger partial charge in [0.15, 0.2) is 0 Å². The summed E-state index contributed by atoms with van der Waals surface area (Å²) >= 11 is 17.8. The summed E-state index contributed by atoms with van der Waals surface area (Å²) in [6, 6.07) is 12.0. The van der Waals surface area contributed by atoms with Crippen LogP contribution in [-0.4, -0.2) is 12.1 Å². The molecule has 0 heterocycles. The van der Waals surface area contributed by atoms with Crippen LogP contribution in [-0.2, 0) is 16.2 Å². The zero-order valence-electron chi connectivity index (χ0n) is 11.9. The van der Waals surface area contributed by atoms with Crippen LogP contribution in [0.3, 0.4) is 0 Å². The number of carbonyl (C=O) groups is 1. The van der Waals surface area contributed by atoms with Crippen molar-refractivity contribution >= 4 is 52.6 Å². The largest absolute Gasteiger partial charge is 0.391 e. The summed E-state index contributed by atoms with van der Waals surface area (Å²) in [7, 11) is 0. The van der Waals surface area contributed by atoms with Gasteiger partial charge in [0.05, 0.1) is 12.6 Å². The Hall–Kier alpha value is -1.75. The van der Waals surface area contributed by atoms with E-state index in [2.05, 4.69) is 10.5 Å². The van der Waals surface area contributed by atoms with Crippen LogP contribution in [0.1, 0.15) is 12.0 Å². The van der Waals surface area contributed by atoms with Gasteiger partial charge in [-0.2, -0.15) is 0 Å². The second kappa shape index (κ2) is 8.77. The molecule has 120 valence electrons. The maximum absolute atomic E-state index is 11.7. The number of benzene rings is 2. The van der Waals surface area contributed by atoms with Gasteiger partial charge < -0.3 is 10.2 Å². The van der Waals surface area contributed by atoms with Crippen molar-refractivity contribution in [3.63, 3.8) is 0 Å². The molecule has 0 aromatic heterocycles. The summed E-state index contributed by atoms with van der Waals surface area (Å²) in [5, 5.41) is 8.05. The molecule has 1 amide bonds. The summed E-state index contributed by atoms with van der Waals surface area (Å²) < 4.78 is 0. The first kappa shape index (κ1) is 17.6. The number of oxime groups is 1. The van der Waals surface area contributed by atoms with Gasteiger partial charge in [-0.15, -0.1) is 0 Å². The molecule has 0 aliphatic carbocycles. The predicted molar refractivity (Wildman–Crippen MR) is 94.4 cm³/mol. The van der Waals surface area contributed by atoms with E-state index < -0.39 is 0 Å². The zero-order valence-corrected chi connectivity index (χ0v) is 14.2. The molecule has 0 spiro atoms. The lowest BCUT2D eigenvalue weighted by molar-refractivity contribution is -0.115. The Balaban J connectivity index is 1.76. The molecule has 23 heavy (non-hydrogen) atoms. The number of hydrogen-bond acceptors (Lipinski definition) is 3. The fourth-order valence-corrected chi connectivity index (χ4v) is 2.32. The molecule has 0 atom stereocenters. The van der Waals surface area contributed by atoms with Gasteiger partial charge in [-0.3, -0.25) is 4.79 Å². The number of hydrogen-bond donors (Lipinski definition) is 1. The van der Waals surface area contributed by atoms with E-state index in [4.69, 9.17) is 39.6 Å². The lowest BCUT2D eigenvalue weighted by Gasteiger charge is -2.05. The van der Waals surface area contributed by atoms with E-state index in [1.54, 1.807) is 42.5 Å². The Morgan fingerprint density at radius 2 is 1.74 bits per heavy atom. The number of nitrogens with one attached hydrogen (secondary N) is 1. The minimum absolute atomic E-state index is 0.0822. The second-order valence-corrected chi connectivity index (χ2v) is 5.77. The molecular weight excluding hydrogens is 359 g/mol. The zero-order chi connectivity index (χ0) is 16.7. The van der Waals surface area contributed by atoms with Crippen LogP contribution in [0.4, 0.5) is 5.69 Å². The maximum Gasteiger partial charge on any atom is 0.229 e. The smallest absolute Gasteiger partial charge is 0.229 e. The lowest BCUT2D eigenvalue weighted by atomic mass is 10.2. The number of anilines is 1. The fourth-order valence-electron chi connectivity index (χ4n) is 1.69. The minimum Gasteiger partial charge on any atom is -0.391 e. The Labute approximate surface area is 149 Å². The van der Waals surface area contributed by atoms with E-state index in [1.165, 1.54) is 6.21 Å². The summed E-state index contributed by atoms with van der Waals surface area (Å²) in [6.45, 7) is 0.133. The van der Waals surface area contributed by atoms with Crippen molar-refractivity contribution in [3.05, 3.63) is 63.1 Å². The van der Waals surface area contributed by atoms with Crippen molar-refractivity contribution in [2.24, 2.45) is 5.16 Å². The van der Waals surface area contributed by atoms with Gasteiger partial charge in [-0.25, -0.2) is 0 Å². The number of rotatable bonds is 6. The number of nitrogens with zero attached hydrogens (tertiary/aromatic N) is 1. The highest BCUT2D eigenvalue weighted by Gasteiger charge is 2.05. The summed E-state index contributed by atoms with van der Waals surface area (Å²) in [5.41, 5.74) is 1.31. The topological polar surface area (TPSA) is 50.7 Å². The number of carbonyl (C=O) groups excluding carboxylic acids is 1. The molecule has 0 radical (unpaired) electrons. The summed E-state index contributed by atoms with van der Waals surface area (Å²) in [5.74, 6) is -0.213. The minimum atomic E-state index is -0.213. The van der Waals surface area contributed by atoms with E-state index in [0.29, 0.717) is 26.3 Å². The Morgan fingerprint density at radius 1 is 1.09 bits per heavy atom. The third-order valence-electron chi connectivity index (χ3n) is 2.82. The van der Waals surface area contributed by atoms with E-state index in [-0.39, 0.29) is 18.9 Å². The molecule has 0 saturated carbocycles. The van der Waals surface area contributed by atoms with Crippen molar-refractivity contribution in [1.29, 1.82) is 0 Å². The van der Waals surface area contributed by atoms with Crippen LogP contribution in [0.5, 0.6) is 0 Å². The van der Waals surface area contributed by atoms with Gasteiger partial charge in [0.25, 0.3) is 0 Å². The molecule has 0 saturated heterocycles. The molecule has 0 unspecified atom stereocenters. The van der Waals surface area contributed by atoms with E-state index in [9.17, 15) is 4.79 Å². The van der Waals surface area contributed by atoms with Crippen LogP contribution in [0.15, 0.2) is 47.6 Å². The van der Waals surface area contributed by atoms with E-state index in [1.807, 2.05) is 0 Å². The Bertz CT molecular complexity index is 683. The van der Waals surface area contributed by atoms with Crippen molar-refractivity contribution in [3.8, 4) is 0 Å². The maximum atomic E-state index is 11.7. The highest BCUT2D eigenvalue weighted by molar-refractivity contribution is 6.35. The molecule has 2 aromatic carbocycles. The number of halogens is 3. The van der Waals surface area contributed by atoms with Gasteiger partial charge in [-0.05, 0) is 36.4 Å². The Morgan fingerprint density at radius 3 is 2.39 bits per heavy atom. The molecule has 0 aliphatic heterocycles. The van der Waals surface area contributed by atoms with Crippen molar-refractivity contribution in [2.75, 3.05) is 5.32 Å². The first-order chi connectivity index (χ1) is 11.1. The highest BCUT2D eigenvalue weighted by Crippen LogP contribution is 2.24. The average molecular weight is 372 g/mol. The van der Waals surface area contributed by atoms with Gasteiger partial charge in [0.1, 0.15) is 6.61 Å². The van der Waals surface area contributed by atoms with Crippen LogP contribution in [0.2, 0.25) is 15.1 Å². The van der Waals surface area contributed by atoms with E-state index >= 15 is 0 Å². The second-order valence-electron chi connectivity index (χ2n) is 4.52. The Kier molecular flexibility index (Phi) is 6.71. The normalized spacial score (nSPS) is 10.7. The SMILES string of the molecule is O=C(C/C=N/OCc1c(Cl)cccc1Cl)Nc1ccc(Cl)cc1. The van der Waals surface area contributed by atoms with Crippen LogP contribution < -0.4 is 5.32 Å². The van der Waals surface area contributed by atoms with Gasteiger partial charge in [0, 0.05) is 26.3 Å². The van der Waals surface area contributed by atoms with Crippen molar-refractivity contribution in [1.82, 2.24) is 0 Å². The molecule has 4 nitrogen and oxygen atoms in total. The predicted octanol–water partition coefficient (Wildman–Crippen LogP) is 5.18. The van der Waals surface area contributed by atoms with Crippen LogP contribution in [0.25, 0.3) is 0 Å². The number of amides is 1. The molecule has 0 aliphatic rings. The third-order valence-corrected chi connectivity index (χ3v) is 3.78. The molecule has 0 bridgehead atoms. The molecular formula is C16H13Cl3N2O2. The lowest BCUT2D eigenvalue weighted by Crippen LogP contribution is -2.11. The quantitative estimate of drug-likeness (QED) is 0.562. The molecule has 7 heteroatoms. The summed E-state index contributed by atoms with van der Waals surface area (Å²) in [6.07, 6.45) is 1.45. The highest BCUT2D eigenvalue weighted by atomic mass is 35.5. The van der Waals surface area contributed by atoms with Gasteiger partial charge in [0.2, 0.25) is 5.91 Å². The molecule has 0 fully saturated rings. The first-order valence-electron chi connectivity index (χ1n) is 6.68. The van der Waals surface area contributed by atoms with Crippen LogP contribution >= 0.6 is 34.8 Å².